The van der Waals surface area contributed by atoms with Gasteiger partial charge in [0.2, 0.25) is 0 Å². The molecule has 5 nitrogen and oxygen atoms in total. The quantitative estimate of drug-likeness (QED) is 0.472. The summed E-state index contributed by atoms with van der Waals surface area (Å²) >= 11 is 0. The van der Waals surface area contributed by atoms with Crippen molar-refractivity contribution in [1.82, 2.24) is 5.32 Å². The van der Waals surface area contributed by atoms with Crippen molar-refractivity contribution in [3.05, 3.63) is 11.6 Å². The van der Waals surface area contributed by atoms with Crippen LogP contribution in [0.2, 0.25) is 0 Å². The van der Waals surface area contributed by atoms with E-state index in [1.54, 1.807) is 6.08 Å². The van der Waals surface area contributed by atoms with E-state index in [1.165, 1.54) is 7.11 Å². The largest absolute Gasteiger partial charge is 0.466 e. The van der Waals surface area contributed by atoms with Gasteiger partial charge in [0.05, 0.1) is 32.5 Å². The third-order valence-electron chi connectivity index (χ3n) is 2.74. The molecule has 1 aliphatic heterocycles. The number of nitrogens with one attached hydrogen (secondary N) is 1. The molecular weight excluding hydrogens is 198 g/mol. The number of fused-ring (bicyclic) bond motifs is 1. The second-order valence-electron chi connectivity index (χ2n) is 3.75. The molecule has 2 rings (SSSR count). The molecule has 2 N–H and O–H groups in total. The molecule has 1 heterocycles. The molecule has 0 aromatic rings. The summed E-state index contributed by atoms with van der Waals surface area (Å²) in [5.74, 6) is -0.292. The molecule has 1 saturated heterocycles. The number of rotatable bonds is 4. The smallest absolute Gasteiger partial charge is 0.333 e. The van der Waals surface area contributed by atoms with Crippen molar-refractivity contribution >= 4 is 5.97 Å². The first kappa shape index (κ1) is 10.6. The molecule has 15 heavy (non-hydrogen) atoms. The van der Waals surface area contributed by atoms with Gasteiger partial charge in [-0.1, -0.05) is 0 Å². The highest BCUT2D eigenvalue weighted by atomic mass is 16.5. The van der Waals surface area contributed by atoms with Crippen molar-refractivity contribution in [3.8, 4) is 0 Å². The zero-order valence-electron chi connectivity index (χ0n) is 8.60. The minimum absolute atomic E-state index is 0.00468. The summed E-state index contributed by atoms with van der Waals surface area (Å²) in [5, 5.41) is 11.9. The average molecular weight is 213 g/mol. The molecule has 1 fully saturated rings. The summed E-state index contributed by atoms with van der Waals surface area (Å²) in [5.41, 5.74) is 0.659. The van der Waals surface area contributed by atoms with Gasteiger partial charge in [0.25, 0.3) is 0 Å². The lowest BCUT2D eigenvalue weighted by molar-refractivity contribution is -0.136. The van der Waals surface area contributed by atoms with Crippen molar-refractivity contribution in [3.63, 3.8) is 0 Å². The topological polar surface area (TPSA) is 77.7 Å². The lowest BCUT2D eigenvalue weighted by atomic mass is 9.97. The van der Waals surface area contributed by atoms with Gasteiger partial charge in [-0.3, -0.25) is 0 Å². The van der Waals surface area contributed by atoms with E-state index in [1.807, 2.05) is 0 Å². The molecule has 0 aromatic heterocycles. The van der Waals surface area contributed by atoms with E-state index in [-0.39, 0.29) is 18.7 Å². The summed E-state index contributed by atoms with van der Waals surface area (Å²) in [4.78, 5) is 11.3. The summed E-state index contributed by atoms with van der Waals surface area (Å²) in [6, 6.07) is 0.623. The molecule has 0 saturated carbocycles. The highest BCUT2D eigenvalue weighted by Gasteiger charge is 2.46. The van der Waals surface area contributed by atoms with Crippen LogP contribution in [0.4, 0.5) is 0 Å². The highest BCUT2D eigenvalue weighted by molar-refractivity contribution is 5.89. The van der Waals surface area contributed by atoms with Crippen LogP contribution in [0.1, 0.15) is 6.42 Å². The molecule has 0 aromatic carbocycles. The normalized spacial score (nSPS) is 32.9. The Labute approximate surface area is 88.1 Å². The van der Waals surface area contributed by atoms with Gasteiger partial charge in [-0.25, -0.2) is 4.79 Å². The Kier molecular flexibility index (Phi) is 3.04. The van der Waals surface area contributed by atoms with Gasteiger partial charge in [0.1, 0.15) is 0 Å². The molecule has 3 unspecified atom stereocenters. The van der Waals surface area contributed by atoms with E-state index < -0.39 is 0 Å². The third-order valence-corrected chi connectivity index (χ3v) is 2.74. The first-order chi connectivity index (χ1) is 7.26. The van der Waals surface area contributed by atoms with Crippen LogP contribution >= 0.6 is 0 Å². The summed E-state index contributed by atoms with van der Waals surface area (Å²) in [7, 11) is 1.37. The number of hydrogen-bond donors (Lipinski definition) is 2. The lowest BCUT2D eigenvalue weighted by Crippen LogP contribution is -2.27. The summed E-state index contributed by atoms with van der Waals surface area (Å²) in [6.45, 7) is 0.288. The van der Waals surface area contributed by atoms with E-state index in [0.717, 1.165) is 0 Å². The number of aliphatic hydroxyl groups is 1. The van der Waals surface area contributed by atoms with Crippen LogP contribution in [0.3, 0.4) is 0 Å². The zero-order chi connectivity index (χ0) is 10.8. The Morgan fingerprint density at radius 2 is 2.53 bits per heavy atom. The maximum absolute atomic E-state index is 11.3. The number of aliphatic hydroxyl groups excluding tert-OH is 1. The van der Waals surface area contributed by atoms with Crippen molar-refractivity contribution < 1.29 is 19.4 Å². The molecule has 0 spiro atoms. The van der Waals surface area contributed by atoms with E-state index in [0.29, 0.717) is 30.7 Å². The lowest BCUT2D eigenvalue weighted by Gasteiger charge is -2.18. The van der Waals surface area contributed by atoms with Gasteiger partial charge in [-0.05, 0) is 12.5 Å². The van der Waals surface area contributed by atoms with Crippen LogP contribution in [0.5, 0.6) is 0 Å². The first-order valence-corrected chi connectivity index (χ1v) is 5.03. The van der Waals surface area contributed by atoms with Crippen LogP contribution in [-0.4, -0.2) is 49.6 Å². The van der Waals surface area contributed by atoms with Crippen molar-refractivity contribution in [2.75, 3.05) is 20.3 Å². The number of carbonyl (C=O) groups is 1. The van der Waals surface area contributed by atoms with Crippen molar-refractivity contribution in [1.29, 1.82) is 0 Å². The molecule has 1 aliphatic carbocycles. The van der Waals surface area contributed by atoms with Gasteiger partial charge in [-0.15, -0.1) is 0 Å². The van der Waals surface area contributed by atoms with Gasteiger partial charge in [0, 0.05) is 11.6 Å². The molecule has 0 bridgehead atoms. The Hall–Kier alpha value is -0.910. The monoisotopic (exact) mass is 213 g/mol. The Morgan fingerprint density at radius 1 is 1.73 bits per heavy atom. The van der Waals surface area contributed by atoms with Crippen LogP contribution in [-0.2, 0) is 14.3 Å². The number of carbonyl (C=O) groups excluding carboxylic acids is 1. The van der Waals surface area contributed by atoms with Crippen molar-refractivity contribution in [2.24, 2.45) is 0 Å². The van der Waals surface area contributed by atoms with Gasteiger partial charge in [-0.2, -0.15) is 0 Å². The Bertz CT molecular complexity index is 289. The van der Waals surface area contributed by atoms with Gasteiger partial charge >= 0.3 is 5.97 Å². The summed E-state index contributed by atoms with van der Waals surface area (Å²) < 4.78 is 10.1. The van der Waals surface area contributed by atoms with E-state index in [4.69, 9.17) is 9.84 Å². The van der Waals surface area contributed by atoms with Gasteiger partial charge in [0.15, 0.2) is 0 Å². The predicted octanol–water partition coefficient (Wildman–Crippen LogP) is -0.793. The fourth-order valence-electron chi connectivity index (χ4n) is 1.93. The Balaban J connectivity index is 2.00. The maximum atomic E-state index is 11.3. The number of esters is 1. The van der Waals surface area contributed by atoms with E-state index in [2.05, 4.69) is 10.1 Å². The number of ether oxygens (including phenoxy) is 2. The molecule has 2 aliphatic rings. The van der Waals surface area contributed by atoms with E-state index >= 15 is 0 Å². The molecule has 84 valence electrons. The maximum Gasteiger partial charge on any atom is 0.333 e. The average Bonchev–Trinajstić information content (AvgIpc) is 3.03. The van der Waals surface area contributed by atoms with Crippen LogP contribution in [0.25, 0.3) is 0 Å². The molecule has 0 amide bonds. The predicted molar refractivity (Wildman–Crippen MR) is 52.3 cm³/mol. The molecule has 5 heteroatoms. The second kappa shape index (κ2) is 4.30. The number of methoxy groups -OCH3 is 1. The first-order valence-electron chi connectivity index (χ1n) is 5.03. The Morgan fingerprint density at radius 3 is 3.20 bits per heavy atom. The van der Waals surface area contributed by atoms with Gasteiger partial charge < -0.3 is 19.9 Å². The van der Waals surface area contributed by atoms with Crippen LogP contribution in [0, 0.1) is 0 Å². The third kappa shape index (κ3) is 2.19. The molecule has 0 radical (unpaired) electrons. The summed E-state index contributed by atoms with van der Waals surface area (Å²) in [6.07, 6.45) is 2.38. The van der Waals surface area contributed by atoms with E-state index in [9.17, 15) is 4.79 Å². The fourth-order valence-corrected chi connectivity index (χ4v) is 1.93. The standard InChI is InChI=1S/C10H15NO4/c1-14-10(13)6-4-7-9(11-7)8(5-6)15-3-2-12/h5,7-9,11-12H,2-4H2,1H3. The fraction of sp³-hybridized carbons (Fsp3) is 0.700. The van der Waals surface area contributed by atoms with Crippen LogP contribution < -0.4 is 5.32 Å². The van der Waals surface area contributed by atoms with Crippen LogP contribution in [0.15, 0.2) is 11.6 Å². The molecular formula is C10H15NO4. The zero-order valence-corrected chi connectivity index (χ0v) is 8.60. The SMILES string of the molecule is COC(=O)C1=CC(OCCO)C2NC2C1. The highest BCUT2D eigenvalue weighted by Crippen LogP contribution is 2.31. The molecule has 3 atom stereocenters. The minimum atomic E-state index is -0.292. The number of hydrogen-bond acceptors (Lipinski definition) is 5. The van der Waals surface area contributed by atoms with Crippen molar-refractivity contribution in [2.45, 2.75) is 24.6 Å². The minimum Gasteiger partial charge on any atom is -0.466 e. The second-order valence-corrected chi connectivity index (χ2v) is 3.75.